The Kier molecular flexibility index (Phi) is 6.59. The number of Topliss-reactive ketones (excluding diaryl/α,β-unsaturated/α-hetero) is 1. The normalized spacial score (nSPS) is 15.9. The maximum atomic E-state index is 12.8. The third-order valence-corrected chi connectivity index (χ3v) is 5.31. The van der Waals surface area contributed by atoms with Crippen molar-refractivity contribution in [2.75, 3.05) is 0 Å². The van der Waals surface area contributed by atoms with Crippen molar-refractivity contribution in [3.63, 3.8) is 0 Å². The van der Waals surface area contributed by atoms with Gasteiger partial charge in [-0.05, 0) is 52.2 Å². The van der Waals surface area contributed by atoms with Gasteiger partial charge in [-0.3, -0.25) is 4.79 Å². The number of hydrogen-bond donors (Lipinski definition) is 4. The van der Waals surface area contributed by atoms with Crippen LogP contribution in [0, 0.1) is 0 Å². The van der Waals surface area contributed by atoms with E-state index in [2.05, 4.69) is 19.9 Å². The van der Waals surface area contributed by atoms with Crippen LogP contribution >= 0.6 is 0 Å². The molecule has 0 bridgehead atoms. The number of carbonyl (C=O) groups is 1. The van der Waals surface area contributed by atoms with Crippen LogP contribution < -0.4 is 4.74 Å². The molecule has 0 radical (unpaired) electrons. The van der Waals surface area contributed by atoms with Gasteiger partial charge in [-0.1, -0.05) is 23.3 Å². The summed E-state index contributed by atoms with van der Waals surface area (Å²) in [5, 5.41) is 40.6. The third-order valence-electron chi connectivity index (χ3n) is 5.31. The highest BCUT2D eigenvalue weighted by molar-refractivity contribution is 6.03. The number of allylic oxidation sites excluding steroid dienone is 4. The van der Waals surface area contributed by atoms with Gasteiger partial charge in [-0.2, -0.15) is 0 Å². The Morgan fingerprint density at radius 2 is 1.71 bits per heavy atom. The Hall–Kier alpha value is -3.41. The minimum Gasteiger partial charge on any atom is -0.508 e. The van der Waals surface area contributed by atoms with Gasteiger partial charge in [0.05, 0.1) is 6.42 Å². The quantitative estimate of drug-likeness (QED) is 0.459. The lowest BCUT2D eigenvalue weighted by atomic mass is 9.92. The lowest BCUT2D eigenvalue weighted by molar-refractivity contribution is 0.0843. The van der Waals surface area contributed by atoms with Crippen molar-refractivity contribution in [2.24, 2.45) is 0 Å². The van der Waals surface area contributed by atoms with Crippen LogP contribution in [0.2, 0.25) is 0 Å². The highest BCUT2D eigenvalue weighted by atomic mass is 16.5. The summed E-state index contributed by atoms with van der Waals surface area (Å²) in [6, 6.07) is 5.32. The number of phenolic OH excluding ortho intramolecular Hbond substituents is 4. The molecule has 6 nitrogen and oxygen atoms in total. The maximum Gasteiger partial charge on any atom is 0.174 e. The first-order valence-electron chi connectivity index (χ1n) is 10.2. The molecule has 0 aliphatic carbocycles. The summed E-state index contributed by atoms with van der Waals surface area (Å²) >= 11 is 0. The van der Waals surface area contributed by atoms with Gasteiger partial charge in [0.1, 0.15) is 40.4 Å². The number of phenols is 4. The zero-order valence-electron chi connectivity index (χ0n) is 18.0. The second kappa shape index (κ2) is 9.16. The van der Waals surface area contributed by atoms with Crippen LogP contribution in [-0.4, -0.2) is 26.2 Å². The third kappa shape index (κ3) is 5.20. The molecule has 0 amide bonds. The van der Waals surface area contributed by atoms with E-state index >= 15 is 0 Å². The lowest BCUT2D eigenvalue weighted by Crippen LogP contribution is -2.21. The number of aromatic hydroxyl groups is 4. The van der Waals surface area contributed by atoms with Crippen LogP contribution in [0.3, 0.4) is 0 Å². The molecule has 1 atom stereocenters. The summed E-state index contributed by atoms with van der Waals surface area (Å²) in [7, 11) is 0. The first kappa shape index (κ1) is 22.3. The van der Waals surface area contributed by atoms with Crippen molar-refractivity contribution < 1.29 is 30.0 Å². The Labute approximate surface area is 181 Å². The maximum absolute atomic E-state index is 12.8. The number of carbonyl (C=O) groups excluding carboxylic acids is 1. The van der Waals surface area contributed by atoms with Gasteiger partial charge < -0.3 is 25.2 Å². The molecular weight excluding hydrogens is 396 g/mol. The predicted molar refractivity (Wildman–Crippen MR) is 118 cm³/mol. The van der Waals surface area contributed by atoms with Crippen LogP contribution in [0.4, 0.5) is 0 Å². The van der Waals surface area contributed by atoms with Crippen LogP contribution in [0.5, 0.6) is 28.7 Å². The van der Waals surface area contributed by atoms with Crippen molar-refractivity contribution in [1.82, 2.24) is 0 Å². The Balaban J connectivity index is 1.85. The van der Waals surface area contributed by atoms with E-state index < -0.39 is 6.10 Å². The highest BCUT2D eigenvalue weighted by Crippen LogP contribution is 2.45. The number of ether oxygens (including phenoxy) is 1. The SMILES string of the molecule is CC(C)=CCCC(C)=CCc1c(O)cc2c(c1O)C(=O)C[C@@H](c1cc(O)cc(O)c1)O2. The zero-order valence-corrected chi connectivity index (χ0v) is 18.0. The van der Waals surface area contributed by atoms with Gasteiger partial charge in [0.15, 0.2) is 5.78 Å². The van der Waals surface area contributed by atoms with E-state index in [1.54, 1.807) is 0 Å². The van der Waals surface area contributed by atoms with Gasteiger partial charge in [-0.25, -0.2) is 0 Å². The summed E-state index contributed by atoms with van der Waals surface area (Å²) in [6.07, 6.45) is 5.37. The van der Waals surface area contributed by atoms with Crippen molar-refractivity contribution in [2.45, 2.75) is 52.6 Å². The number of benzene rings is 2. The minimum atomic E-state index is -0.750. The molecule has 0 saturated heterocycles. The fourth-order valence-electron chi connectivity index (χ4n) is 3.66. The summed E-state index contributed by atoms with van der Waals surface area (Å²) in [5.74, 6) is -0.985. The molecule has 3 rings (SSSR count). The minimum absolute atomic E-state index is 0.0454. The molecule has 1 aliphatic heterocycles. The monoisotopic (exact) mass is 424 g/mol. The average molecular weight is 424 g/mol. The first-order chi connectivity index (χ1) is 14.7. The molecule has 0 fully saturated rings. The molecule has 31 heavy (non-hydrogen) atoms. The lowest BCUT2D eigenvalue weighted by Gasteiger charge is -2.27. The van der Waals surface area contributed by atoms with Gasteiger partial charge in [0, 0.05) is 23.3 Å². The molecule has 6 heteroatoms. The van der Waals surface area contributed by atoms with Crippen LogP contribution in [0.1, 0.15) is 67.6 Å². The molecule has 2 aromatic rings. The van der Waals surface area contributed by atoms with Crippen LogP contribution in [0.15, 0.2) is 47.6 Å². The second-order valence-electron chi connectivity index (χ2n) is 8.19. The van der Waals surface area contributed by atoms with Crippen molar-refractivity contribution in [3.05, 3.63) is 64.3 Å². The molecule has 4 N–H and O–H groups in total. The van der Waals surface area contributed by atoms with Gasteiger partial charge >= 0.3 is 0 Å². The van der Waals surface area contributed by atoms with Gasteiger partial charge in [0.25, 0.3) is 0 Å². The molecule has 0 spiro atoms. The molecule has 164 valence electrons. The summed E-state index contributed by atoms with van der Waals surface area (Å²) in [5.41, 5.74) is 3.14. The molecule has 0 unspecified atom stereocenters. The molecule has 1 aliphatic rings. The highest BCUT2D eigenvalue weighted by Gasteiger charge is 2.33. The fourth-order valence-corrected chi connectivity index (χ4v) is 3.66. The van der Waals surface area contributed by atoms with Crippen LogP contribution in [0.25, 0.3) is 0 Å². The number of hydrogen-bond acceptors (Lipinski definition) is 6. The van der Waals surface area contributed by atoms with Crippen molar-refractivity contribution in [3.8, 4) is 28.7 Å². The second-order valence-corrected chi connectivity index (χ2v) is 8.19. The molecule has 1 heterocycles. The van der Waals surface area contributed by atoms with Gasteiger partial charge in [0.2, 0.25) is 0 Å². The first-order valence-corrected chi connectivity index (χ1v) is 10.2. The van der Waals surface area contributed by atoms with E-state index in [9.17, 15) is 25.2 Å². The Morgan fingerprint density at radius 1 is 1.03 bits per heavy atom. The summed E-state index contributed by atoms with van der Waals surface area (Å²) in [6.45, 7) is 6.10. The standard InChI is InChI=1S/C25H28O6/c1-14(2)5-4-6-15(3)7-8-19-20(28)12-23-24(25(19)30)21(29)13-22(31-23)16-9-17(26)11-18(27)10-16/h5,7,9-12,22,26-28,30H,4,6,8,13H2,1-3H3/t22-/m0/s1. The molecule has 0 aromatic heterocycles. The molecule has 0 saturated carbocycles. The van der Waals surface area contributed by atoms with Crippen molar-refractivity contribution >= 4 is 5.78 Å². The number of fused-ring (bicyclic) bond motifs is 1. The Morgan fingerprint density at radius 3 is 2.35 bits per heavy atom. The number of rotatable bonds is 6. The molecule has 2 aromatic carbocycles. The van der Waals surface area contributed by atoms with Gasteiger partial charge in [-0.15, -0.1) is 0 Å². The van der Waals surface area contributed by atoms with E-state index in [0.717, 1.165) is 18.4 Å². The Bertz CT molecular complexity index is 1040. The predicted octanol–water partition coefficient (Wildman–Crippen LogP) is 5.45. The topological polar surface area (TPSA) is 107 Å². The summed E-state index contributed by atoms with van der Waals surface area (Å²) < 4.78 is 5.83. The van der Waals surface area contributed by atoms with E-state index in [0.29, 0.717) is 12.0 Å². The molecular formula is C25H28O6. The van der Waals surface area contributed by atoms with E-state index in [-0.39, 0.29) is 52.1 Å². The smallest absolute Gasteiger partial charge is 0.174 e. The van der Waals surface area contributed by atoms with E-state index in [4.69, 9.17) is 4.74 Å². The fraction of sp³-hybridized carbons (Fsp3) is 0.320. The van der Waals surface area contributed by atoms with E-state index in [1.807, 2.05) is 13.0 Å². The average Bonchev–Trinajstić information content (AvgIpc) is 2.66. The largest absolute Gasteiger partial charge is 0.508 e. The van der Waals surface area contributed by atoms with Crippen LogP contribution in [-0.2, 0) is 6.42 Å². The van der Waals surface area contributed by atoms with E-state index in [1.165, 1.54) is 29.8 Å². The van der Waals surface area contributed by atoms with Crippen molar-refractivity contribution in [1.29, 1.82) is 0 Å². The summed E-state index contributed by atoms with van der Waals surface area (Å²) in [4.78, 5) is 12.8. The zero-order chi connectivity index (χ0) is 22.7. The number of ketones is 1.